The van der Waals surface area contributed by atoms with Gasteiger partial charge in [-0.1, -0.05) is 30.3 Å². The molecule has 3 rings (SSSR count). The molecule has 1 amide bonds. The number of carbonyl (C=O) groups excluding carboxylic acids is 1. The second-order valence-corrected chi connectivity index (χ2v) is 6.60. The average molecular weight is 338 g/mol. The van der Waals surface area contributed by atoms with Gasteiger partial charge in [-0.2, -0.15) is 0 Å². The fraction of sp³-hybridized carbons (Fsp3) is 0.450. The van der Waals surface area contributed by atoms with Crippen molar-refractivity contribution in [3.05, 3.63) is 59.7 Å². The summed E-state index contributed by atoms with van der Waals surface area (Å²) in [4.78, 5) is 25.7. The summed E-state index contributed by atoms with van der Waals surface area (Å²) in [7, 11) is 0. The van der Waals surface area contributed by atoms with Crippen LogP contribution in [-0.4, -0.2) is 51.4 Å². The lowest BCUT2D eigenvalue weighted by molar-refractivity contribution is 0.0683. The highest BCUT2D eigenvalue weighted by Gasteiger charge is 2.33. The predicted molar refractivity (Wildman–Crippen MR) is 98.3 cm³/mol. The third-order valence-corrected chi connectivity index (χ3v) is 5.06. The number of likely N-dealkylation sites (N-methyl/N-ethyl adjacent to an activating group) is 1. The number of likely N-dealkylation sites (tertiary alicyclic amines) is 1. The molecule has 5 nitrogen and oxygen atoms in total. The second-order valence-electron chi connectivity index (χ2n) is 6.60. The molecule has 0 radical (unpaired) electrons. The first-order valence-electron chi connectivity index (χ1n) is 8.99. The Labute approximate surface area is 149 Å². The summed E-state index contributed by atoms with van der Waals surface area (Å²) in [6, 6.07) is 12.9. The maximum Gasteiger partial charge on any atom is 0.272 e. The SMILES string of the molecule is CCN(C(=O)c1ccnc(C)n1)[C@H]1CCN([C@H](C)c2ccccc2)C1. The summed E-state index contributed by atoms with van der Waals surface area (Å²) >= 11 is 0. The Morgan fingerprint density at radius 1 is 1.32 bits per heavy atom. The number of benzene rings is 1. The van der Waals surface area contributed by atoms with Crippen molar-refractivity contribution < 1.29 is 4.79 Å². The van der Waals surface area contributed by atoms with Crippen LogP contribution in [0.25, 0.3) is 0 Å². The molecule has 0 N–H and O–H groups in total. The minimum atomic E-state index is 0.00668. The van der Waals surface area contributed by atoms with Crippen LogP contribution < -0.4 is 0 Å². The number of hydrogen-bond donors (Lipinski definition) is 0. The normalized spacial score (nSPS) is 18.9. The maximum absolute atomic E-state index is 12.9. The number of carbonyl (C=O) groups is 1. The first-order chi connectivity index (χ1) is 12.1. The molecule has 0 unspecified atom stereocenters. The molecule has 132 valence electrons. The van der Waals surface area contributed by atoms with E-state index in [1.165, 1.54) is 5.56 Å². The summed E-state index contributed by atoms with van der Waals surface area (Å²) in [5.41, 5.74) is 1.81. The molecule has 2 aromatic rings. The van der Waals surface area contributed by atoms with Crippen molar-refractivity contribution in [2.24, 2.45) is 0 Å². The Balaban J connectivity index is 1.70. The van der Waals surface area contributed by atoms with Crippen LogP contribution >= 0.6 is 0 Å². The topological polar surface area (TPSA) is 49.3 Å². The number of aryl methyl sites for hydroxylation is 1. The molecule has 2 atom stereocenters. The molecule has 0 saturated carbocycles. The number of rotatable bonds is 5. The van der Waals surface area contributed by atoms with Gasteiger partial charge >= 0.3 is 0 Å². The van der Waals surface area contributed by atoms with Gasteiger partial charge in [-0.3, -0.25) is 9.69 Å². The highest BCUT2D eigenvalue weighted by molar-refractivity contribution is 5.92. The van der Waals surface area contributed by atoms with Crippen LogP contribution in [0.4, 0.5) is 0 Å². The van der Waals surface area contributed by atoms with Crippen molar-refractivity contribution in [1.29, 1.82) is 0 Å². The summed E-state index contributed by atoms with van der Waals surface area (Å²) in [5, 5.41) is 0. The Morgan fingerprint density at radius 2 is 2.08 bits per heavy atom. The van der Waals surface area contributed by atoms with E-state index in [1.54, 1.807) is 12.3 Å². The van der Waals surface area contributed by atoms with Crippen molar-refractivity contribution >= 4 is 5.91 Å². The second kappa shape index (κ2) is 7.74. The number of amides is 1. The molecule has 1 aromatic carbocycles. The van der Waals surface area contributed by atoms with Gasteiger partial charge in [-0.15, -0.1) is 0 Å². The number of aromatic nitrogens is 2. The first kappa shape index (κ1) is 17.5. The van der Waals surface area contributed by atoms with E-state index in [1.807, 2.05) is 24.8 Å². The van der Waals surface area contributed by atoms with Gasteiger partial charge in [0.1, 0.15) is 11.5 Å². The lowest BCUT2D eigenvalue weighted by atomic mass is 10.1. The Hall–Kier alpha value is -2.27. The molecule has 2 heterocycles. The van der Waals surface area contributed by atoms with E-state index < -0.39 is 0 Å². The largest absolute Gasteiger partial charge is 0.333 e. The van der Waals surface area contributed by atoms with Crippen LogP contribution in [0, 0.1) is 6.92 Å². The third kappa shape index (κ3) is 3.87. The zero-order valence-electron chi connectivity index (χ0n) is 15.2. The summed E-state index contributed by atoms with van der Waals surface area (Å²) in [6.07, 6.45) is 2.66. The van der Waals surface area contributed by atoms with Crippen LogP contribution in [0.5, 0.6) is 0 Å². The maximum atomic E-state index is 12.9. The van der Waals surface area contributed by atoms with Gasteiger partial charge in [0.15, 0.2) is 0 Å². The first-order valence-corrected chi connectivity index (χ1v) is 8.99. The number of hydrogen-bond acceptors (Lipinski definition) is 4. The van der Waals surface area contributed by atoms with E-state index in [0.717, 1.165) is 19.5 Å². The van der Waals surface area contributed by atoms with E-state index in [9.17, 15) is 4.79 Å². The van der Waals surface area contributed by atoms with Gasteiger partial charge < -0.3 is 4.90 Å². The van der Waals surface area contributed by atoms with E-state index in [-0.39, 0.29) is 11.9 Å². The minimum Gasteiger partial charge on any atom is -0.333 e. The van der Waals surface area contributed by atoms with Crippen molar-refractivity contribution in [3.8, 4) is 0 Å². The van der Waals surface area contributed by atoms with Crippen molar-refractivity contribution in [2.45, 2.75) is 39.3 Å². The molecule has 5 heteroatoms. The zero-order chi connectivity index (χ0) is 17.8. The standard InChI is InChI=1S/C20H26N4O/c1-4-24(20(25)19-10-12-21-16(3)22-19)18-11-13-23(14-18)15(2)17-8-6-5-7-9-17/h5-10,12,15,18H,4,11,13-14H2,1-3H3/t15-,18+/m1/s1. The van der Waals surface area contributed by atoms with E-state index in [2.05, 4.69) is 46.1 Å². The molecule has 1 aromatic heterocycles. The average Bonchev–Trinajstić information content (AvgIpc) is 3.12. The van der Waals surface area contributed by atoms with Crippen LogP contribution in [0.1, 0.15) is 48.2 Å². The molecule has 1 aliphatic heterocycles. The summed E-state index contributed by atoms with van der Waals surface area (Å²) in [6.45, 7) is 8.69. The molecule has 0 bridgehead atoms. The smallest absolute Gasteiger partial charge is 0.272 e. The minimum absolute atomic E-state index is 0.00668. The summed E-state index contributed by atoms with van der Waals surface area (Å²) in [5.74, 6) is 0.639. The quantitative estimate of drug-likeness (QED) is 0.841. The molecule has 1 aliphatic rings. The lowest BCUT2D eigenvalue weighted by Crippen LogP contribution is -2.42. The monoisotopic (exact) mass is 338 g/mol. The van der Waals surface area contributed by atoms with Crippen LogP contribution in [0.3, 0.4) is 0 Å². The van der Waals surface area contributed by atoms with Crippen molar-refractivity contribution in [3.63, 3.8) is 0 Å². The Kier molecular flexibility index (Phi) is 5.43. The molecular weight excluding hydrogens is 312 g/mol. The Morgan fingerprint density at radius 3 is 2.76 bits per heavy atom. The van der Waals surface area contributed by atoms with Crippen LogP contribution in [-0.2, 0) is 0 Å². The van der Waals surface area contributed by atoms with Gasteiger partial charge in [0, 0.05) is 37.9 Å². The van der Waals surface area contributed by atoms with E-state index in [0.29, 0.717) is 24.1 Å². The zero-order valence-corrected chi connectivity index (χ0v) is 15.2. The van der Waals surface area contributed by atoms with Crippen molar-refractivity contribution in [1.82, 2.24) is 19.8 Å². The lowest BCUT2D eigenvalue weighted by Gasteiger charge is -2.29. The number of nitrogens with zero attached hydrogens (tertiary/aromatic N) is 4. The van der Waals surface area contributed by atoms with Crippen LogP contribution in [0.15, 0.2) is 42.6 Å². The van der Waals surface area contributed by atoms with E-state index >= 15 is 0 Å². The predicted octanol–water partition coefficient (Wildman–Crippen LogP) is 3.08. The molecular formula is C20H26N4O. The highest BCUT2D eigenvalue weighted by Crippen LogP contribution is 2.27. The molecule has 25 heavy (non-hydrogen) atoms. The fourth-order valence-corrected chi connectivity index (χ4v) is 3.61. The van der Waals surface area contributed by atoms with Gasteiger partial charge in [-0.25, -0.2) is 9.97 Å². The van der Waals surface area contributed by atoms with Crippen LogP contribution in [0.2, 0.25) is 0 Å². The molecule has 1 saturated heterocycles. The Bertz CT molecular complexity index is 719. The van der Waals surface area contributed by atoms with Gasteiger partial charge in [0.2, 0.25) is 0 Å². The van der Waals surface area contributed by atoms with Gasteiger partial charge in [-0.05, 0) is 38.8 Å². The van der Waals surface area contributed by atoms with Crippen molar-refractivity contribution in [2.75, 3.05) is 19.6 Å². The fourth-order valence-electron chi connectivity index (χ4n) is 3.61. The third-order valence-electron chi connectivity index (χ3n) is 5.06. The van der Waals surface area contributed by atoms with Gasteiger partial charge in [0.05, 0.1) is 0 Å². The molecule has 1 fully saturated rings. The highest BCUT2D eigenvalue weighted by atomic mass is 16.2. The summed E-state index contributed by atoms with van der Waals surface area (Å²) < 4.78 is 0. The molecule has 0 aliphatic carbocycles. The van der Waals surface area contributed by atoms with E-state index in [4.69, 9.17) is 0 Å². The van der Waals surface area contributed by atoms with Gasteiger partial charge in [0.25, 0.3) is 5.91 Å². The molecule has 0 spiro atoms.